The van der Waals surface area contributed by atoms with Crippen LogP contribution in [-0.2, 0) is 29.0 Å². The van der Waals surface area contributed by atoms with Crippen LogP contribution in [0, 0.1) is 0 Å². The van der Waals surface area contributed by atoms with Crippen LogP contribution in [0.3, 0.4) is 0 Å². The third kappa shape index (κ3) is 10.1. The van der Waals surface area contributed by atoms with Gasteiger partial charge in [-0.25, -0.2) is 9.98 Å². The van der Waals surface area contributed by atoms with Gasteiger partial charge in [0.05, 0.1) is 30.6 Å². The topological polar surface area (TPSA) is 108 Å². The largest absolute Gasteiger partial charge is 2.00 e. The van der Waals surface area contributed by atoms with E-state index < -0.39 is 0 Å². The molecular formula is C37H38Cl2N2O6Zn. The van der Waals surface area contributed by atoms with Crippen LogP contribution < -0.4 is 19.7 Å². The molecule has 0 unspecified atom stereocenters. The molecule has 48 heavy (non-hydrogen) atoms. The first-order valence-corrected chi connectivity index (χ1v) is 15.9. The molecule has 0 spiro atoms. The summed E-state index contributed by atoms with van der Waals surface area (Å²) in [4.78, 5) is 8.98. The maximum absolute atomic E-state index is 12.1. The van der Waals surface area contributed by atoms with Crippen LogP contribution in [0.15, 0.2) is 94.9 Å². The predicted molar refractivity (Wildman–Crippen MR) is 185 cm³/mol. The molecule has 2 aliphatic rings. The van der Waals surface area contributed by atoms with Crippen molar-refractivity contribution in [2.24, 2.45) is 9.98 Å². The zero-order chi connectivity index (χ0) is 34.2. The molecule has 0 atom stereocenters. The minimum atomic E-state index is -0.280. The van der Waals surface area contributed by atoms with Crippen LogP contribution in [0.5, 0.6) is 23.0 Å². The molecule has 4 aromatic rings. The first-order chi connectivity index (χ1) is 22.4. The van der Waals surface area contributed by atoms with Gasteiger partial charge < -0.3 is 29.2 Å². The van der Waals surface area contributed by atoms with Crippen molar-refractivity contribution in [3.05, 3.63) is 96.1 Å². The van der Waals surface area contributed by atoms with Crippen LogP contribution in [0.25, 0.3) is 22.3 Å². The zero-order valence-corrected chi connectivity index (χ0v) is 32.5. The van der Waals surface area contributed by atoms with Crippen molar-refractivity contribution in [2.75, 3.05) is 32.8 Å². The summed E-state index contributed by atoms with van der Waals surface area (Å²) in [5.41, 5.74) is 4.40. The summed E-state index contributed by atoms with van der Waals surface area (Å²) in [6.07, 6.45) is 0. The van der Waals surface area contributed by atoms with Gasteiger partial charge in [0.2, 0.25) is 11.8 Å². The van der Waals surface area contributed by atoms with Gasteiger partial charge in [0, 0.05) is 11.1 Å². The molecule has 4 aromatic carbocycles. The van der Waals surface area contributed by atoms with Gasteiger partial charge in [0.25, 0.3) is 0 Å². The SMILES string of the molecule is COc1ccc(-c2ccc([O-])c(C3=NC(C)(C)CO3)c2)cc1.COc1ccc(-c2ccc([O-])c(C3=NC(C)(C)CO3)c2)cc1.ClCCl.[Zn+2]. The van der Waals surface area contributed by atoms with Gasteiger partial charge in [0.15, 0.2) is 0 Å². The Labute approximate surface area is 305 Å². The molecule has 0 N–H and O–H groups in total. The van der Waals surface area contributed by atoms with Crippen LogP contribution >= 0.6 is 23.2 Å². The number of alkyl halides is 2. The molecule has 0 saturated carbocycles. The first-order valence-electron chi connectivity index (χ1n) is 14.9. The van der Waals surface area contributed by atoms with E-state index in [0.29, 0.717) is 36.1 Å². The van der Waals surface area contributed by atoms with E-state index in [-0.39, 0.29) is 47.4 Å². The van der Waals surface area contributed by atoms with Gasteiger partial charge in [-0.1, -0.05) is 60.0 Å². The second-order valence-corrected chi connectivity index (χ2v) is 12.8. The van der Waals surface area contributed by atoms with Crippen molar-refractivity contribution in [2.45, 2.75) is 38.8 Å². The Bertz CT molecular complexity index is 1600. The van der Waals surface area contributed by atoms with Gasteiger partial charge in [0.1, 0.15) is 24.7 Å². The molecule has 0 bridgehead atoms. The van der Waals surface area contributed by atoms with E-state index in [0.717, 1.165) is 33.8 Å². The number of aliphatic imine (C=N–C) groups is 2. The molecule has 0 aromatic heterocycles. The molecule has 0 fully saturated rings. The van der Waals surface area contributed by atoms with E-state index in [1.165, 1.54) is 0 Å². The van der Waals surface area contributed by atoms with Crippen molar-refractivity contribution in [3.8, 4) is 45.3 Å². The maximum atomic E-state index is 12.1. The number of hydrogen-bond acceptors (Lipinski definition) is 8. The molecule has 8 nitrogen and oxygen atoms in total. The van der Waals surface area contributed by atoms with Crippen molar-refractivity contribution in [1.82, 2.24) is 0 Å². The molecule has 0 radical (unpaired) electrons. The number of hydrogen-bond donors (Lipinski definition) is 0. The predicted octanol–water partition coefficient (Wildman–Crippen LogP) is 7.40. The van der Waals surface area contributed by atoms with E-state index in [2.05, 4.69) is 9.98 Å². The fraction of sp³-hybridized carbons (Fsp3) is 0.297. The summed E-state index contributed by atoms with van der Waals surface area (Å²) in [7, 11) is 3.27. The van der Waals surface area contributed by atoms with Gasteiger partial charge in [-0.3, -0.25) is 0 Å². The molecule has 0 amide bonds. The molecule has 0 aliphatic carbocycles. The second-order valence-electron chi connectivity index (χ2n) is 12.0. The second kappa shape index (κ2) is 17.1. The Morgan fingerprint density at radius 2 is 0.917 bits per heavy atom. The Hall–Kier alpha value is -3.78. The number of halogens is 2. The van der Waals surface area contributed by atoms with E-state index in [9.17, 15) is 10.2 Å². The molecule has 2 heterocycles. The maximum Gasteiger partial charge on any atom is 2.00 e. The molecule has 2 aliphatic heterocycles. The third-order valence-corrected chi connectivity index (χ3v) is 7.20. The van der Waals surface area contributed by atoms with E-state index in [4.69, 9.17) is 42.1 Å². The van der Waals surface area contributed by atoms with Crippen molar-refractivity contribution >= 4 is 35.0 Å². The molecule has 11 heteroatoms. The van der Waals surface area contributed by atoms with Crippen molar-refractivity contribution in [1.29, 1.82) is 0 Å². The molecule has 0 saturated heterocycles. The summed E-state index contributed by atoms with van der Waals surface area (Å²) in [5, 5.41) is 24.4. The average Bonchev–Trinajstić information content (AvgIpc) is 3.62. The van der Waals surface area contributed by atoms with Crippen LogP contribution in [0.2, 0.25) is 0 Å². The van der Waals surface area contributed by atoms with Gasteiger partial charge in [-0.2, -0.15) is 0 Å². The Morgan fingerprint density at radius 3 is 1.19 bits per heavy atom. The number of rotatable bonds is 6. The smallest absolute Gasteiger partial charge is 0.872 e. The van der Waals surface area contributed by atoms with Crippen molar-refractivity contribution < 1.29 is 48.6 Å². The van der Waals surface area contributed by atoms with Crippen LogP contribution in [0.4, 0.5) is 0 Å². The Morgan fingerprint density at radius 1 is 0.604 bits per heavy atom. The van der Waals surface area contributed by atoms with Crippen LogP contribution in [-0.4, -0.2) is 55.6 Å². The number of nitrogens with zero attached hydrogens (tertiary/aromatic N) is 2. The van der Waals surface area contributed by atoms with E-state index >= 15 is 0 Å². The van der Waals surface area contributed by atoms with Gasteiger partial charge >= 0.3 is 19.5 Å². The van der Waals surface area contributed by atoms with E-state index in [1.54, 1.807) is 26.4 Å². The summed E-state index contributed by atoms with van der Waals surface area (Å²) < 4.78 is 21.5. The Balaban J connectivity index is 0.000000236. The molecular weight excluding hydrogens is 705 g/mol. The first kappa shape index (κ1) is 38.7. The van der Waals surface area contributed by atoms with E-state index in [1.807, 2.05) is 100 Å². The quantitative estimate of drug-likeness (QED) is 0.151. The fourth-order valence-electron chi connectivity index (χ4n) is 4.77. The molecule has 248 valence electrons. The fourth-order valence-corrected chi connectivity index (χ4v) is 4.77. The van der Waals surface area contributed by atoms with Crippen LogP contribution in [0.1, 0.15) is 38.8 Å². The minimum absolute atomic E-state index is 0. The third-order valence-electron chi connectivity index (χ3n) is 7.20. The summed E-state index contributed by atoms with van der Waals surface area (Å²) in [5.74, 6) is 2.32. The standard InChI is InChI=1S/2C18H19NO3.CH2Cl2.Zn/c2*1-18(2)11-22-17(19-18)15-10-13(6-9-16(15)20)12-4-7-14(21-3)8-5-12;2-1-3;/h2*4-10,20H,11H2,1-3H3;1H2;/q;;;+2/p-2. The van der Waals surface area contributed by atoms with Crippen molar-refractivity contribution in [3.63, 3.8) is 0 Å². The monoisotopic (exact) mass is 740 g/mol. The summed E-state index contributed by atoms with van der Waals surface area (Å²) in [6.45, 7) is 8.92. The zero-order valence-electron chi connectivity index (χ0n) is 28.0. The minimum Gasteiger partial charge on any atom is -0.872 e. The number of benzene rings is 4. The normalized spacial score (nSPS) is 15.1. The summed E-state index contributed by atoms with van der Waals surface area (Å²) >= 11 is 9.53. The molecule has 6 rings (SSSR count). The number of methoxy groups -OCH3 is 2. The number of ether oxygens (including phenoxy) is 4. The van der Waals surface area contributed by atoms with Gasteiger partial charge in [-0.15, -0.1) is 23.2 Å². The summed E-state index contributed by atoms with van der Waals surface area (Å²) in [6, 6.07) is 25.9. The Kier molecular flexibility index (Phi) is 13.7. The van der Waals surface area contributed by atoms with Gasteiger partial charge in [-0.05, 0) is 86.3 Å². The average molecular weight is 743 g/mol.